The molecule has 0 fully saturated rings. The van der Waals surface area contributed by atoms with Crippen molar-refractivity contribution in [2.24, 2.45) is 0 Å². The van der Waals surface area contributed by atoms with Gasteiger partial charge in [0.15, 0.2) is 0 Å². The van der Waals surface area contributed by atoms with Gasteiger partial charge in [0.1, 0.15) is 11.9 Å². The van der Waals surface area contributed by atoms with E-state index < -0.39 is 0 Å². The molecule has 1 atom stereocenters. The van der Waals surface area contributed by atoms with Crippen molar-refractivity contribution in [3.05, 3.63) is 67.3 Å². The van der Waals surface area contributed by atoms with Crippen molar-refractivity contribution >= 4 is 0 Å². The van der Waals surface area contributed by atoms with Gasteiger partial charge >= 0.3 is 0 Å². The lowest BCUT2D eigenvalue weighted by Crippen LogP contribution is -2.17. The third-order valence-corrected chi connectivity index (χ3v) is 2.69. The molecule has 0 aliphatic rings. The highest BCUT2D eigenvalue weighted by Gasteiger charge is 2.04. The van der Waals surface area contributed by atoms with Gasteiger partial charge in [0.2, 0.25) is 0 Å². The average molecular weight is 240 g/mol. The lowest BCUT2D eigenvalue weighted by atomic mass is 10.1. The predicted molar refractivity (Wildman–Crippen MR) is 73.6 cm³/mol. The van der Waals surface area contributed by atoms with Crippen molar-refractivity contribution in [1.82, 2.24) is 0 Å². The molecule has 2 rings (SSSR count). The maximum Gasteiger partial charge on any atom is 0.140 e. The number of aliphatic hydroxyl groups is 1. The monoisotopic (exact) mass is 240 g/mol. The van der Waals surface area contributed by atoms with Gasteiger partial charge in [0.25, 0.3) is 0 Å². The molecule has 92 valence electrons. The van der Waals surface area contributed by atoms with E-state index in [1.165, 1.54) is 5.56 Å². The van der Waals surface area contributed by atoms with Crippen molar-refractivity contribution in [3.63, 3.8) is 0 Å². The van der Waals surface area contributed by atoms with E-state index in [4.69, 9.17) is 9.84 Å². The van der Waals surface area contributed by atoms with E-state index in [0.29, 0.717) is 0 Å². The van der Waals surface area contributed by atoms with Crippen LogP contribution in [0.15, 0.2) is 67.3 Å². The molecular weight excluding hydrogens is 224 g/mol. The summed E-state index contributed by atoms with van der Waals surface area (Å²) in [5.41, 5.74) is 2.31. The van der Waals surface area contributed by atoms with Crippen LogP contribution in [0, 0.1) is 0 Å². The second-order valence-electron chi connectivity index (χ2n) is 3.96. The molecule has 2 aromatic carbocycles. The van der Waals surface area contributed by atoms with Gasteiger partial charge in [-0.15, -0.1) is 0 Å². The van der Waals surface area contributed by atoms with Gasteiger partial charge in [-0.2, -0.15) is 0 Å². The second kappa shape index (κ2) is 6.03. The Morgan fingerprint density at radius 2 is 1.61 bits per heavy atom. The third-order valence-electron chi connectivity index (χ3n) is 2.69. The predicted octanol–water partition coefficient (Wildman–Crippen LogP) is 3.28. The summed E-state index contributed by atoms with van der Waals surface area (Å²) in [5, 5.41) is 9.02. The second-order valence-corrected chi connectivity index (χ2v) is 3.96. The zero-order valence-electron chi connectivity index (χ0n) is 10.1. The Bertz CT molecular complexity index is 488. The minimum Gasteiger partial charge on any atom is -0.484 e. The summed E-state index contributed by atoms with van der Waals surface area (Å²) in [6, 6.07) is 18.0. The van der Waals surface area contributed by atoms with Crippen molar-refractivity contribution < 1.29 is 9.84 Å². The molecule has 18 heavy (non-hydrogen) atoms. The van der Waals surface area contributed by atoms with Crippen LogP contribution in [0.3, 0.4) is 0 Å². The zero-order valence-corrected chi connectivity index (χ0v) is 10.1. The fourth-order valence-corrected chi connectivity index (χ4v) is 1.69. The fraction of sp³-hybridized carbons (Fsp3) is 0.125. The number of aliphatic hydroxyl groups excluding tert-OH is 1. The fourth-order valence-electron chi connectivity index (χ4n) is 1.69. The molecule has 2 aromatic rings. The molecule has 0 bridgehead atoms. The number of benzene rings is 2. The third kappa shape index (κ3) is 2.99. The Morgan fingerprint density at radius 3 is 2.17 bits per heavy atom. The molecule has 0 aliphatic carbocycles. The molecule has 0 aliphatic heterocycles. The first-order valence-electron chi connectivity index (χ1n) is 5.89. The molecule has 1 unspecified atom stereocenters. The molecule has 0 radical (unpaired) electrons. The van der Waals surface area contributed by atoms with Gasteiger partial charge in [-0.1, -0.05) is 49.0 Å². The van der Waals surface area contributed by atoms with Crippen LogP contribution in [-0.2, 0) is 0 Å². The molecule has 0 saturated heterocycles. The molecule has 2 nitrogen and oxygen atoms in total. The summed E-state index contributed by atoms with van der Waals surface area (Å²) in [5.74, 6) is 0.730. The Morgan fingerprint density at radius 1 is 1.00 bits per heavy atom. The minimum atomic E-state index is -0.354. The largest absolute Gasteiger partial charge is 0.484 e. The summed E-state index contributed by atoms with van der Waals surface area (Å²) >= 11 is 0. The van der Waals surface area contributed by atoms with Gasteiger partial charge in [-0.3, -0.25) is 0 Å². The first kappa shape index (κ1) is 12.4. The van der Waals surface area contributed by atoms with E-state index >= 15 is 0 Å². The summed E-state index contributed by atoms with van der Waals surface area (Å²) < 4.78 is 5.54. The summed E-state index contributed by atoms with van der Waals surface area (Å²) in [6.45, 7) is 3.54. The smallest absolute Gasteiger partial charge is 0.140 e. The molecule has 1 N–H and O–H groups in total. The maximum atomic E-state index is 9.02. The Balaban J connectivity index is 2.13. The van der Waals surface area contributed by atoms with Crippen LogP contribution in [0.1, 0.15) is 0 Å². The van der Waals surface area contributed by atoms with Crippen LogP contribution in [0.4, 0.5) is 0 Å². The molecule has 0 amide bonds. The van der Waals surface area contributed by atoms with Crippen molar-refractivity contribution in [1.29, 1.82) is 0 Å². The van der Waals surface area contributed by atoms with E-state index in [1.807, 2.05) is 42.5 Å². The molecule has 0 heterocycles. The highest BCUT2D eigenvalue weighted by Crippen LogP contribution is 2.22. The standard InChI is InChI=1S/C16H16O2/c1-2-15(12-17)18-16-10-8-14(9-11-16)13-6-4-3-5-7-13/h2-11,15,17H,1,12H2. The lowest BCUT2D eigenvalue weighted by molar-refractivity contribution is 0.150. The maximum absolute atomic E-state index is 9.02. The van der Waals surface area contributed by atoms with Gasteiger partial charge < -0.3 is 9.84 Å². The van der Waals surface area contributed by atoms with Crippen molar-refractivity contribution in [2.45, 2.75) is 6.10 Å². The SMILES string of the molecule is C=CC(CO)Oc1ccc(-c2ccccc2)cc1. The Kier molecular flexibility index (Phi) is 4.15. The number of hydrogen-bond acceptors (Lipinski definition) is 2. The van der Waals surface area contributed by atoms with Crippen LogP contribution in [0.5, 0.6) is 5.75 Å². The summed E-state index contributed by atoms with van der Waals surface area (Å²) in [4.78, 5) is 0. The molecule has 2 heteroatoms. The number of rotatable bonds is 5. The van der Waals surface area contributed by atoms with E-state index in [1.54, 1.807) is 6.08 Å². The van der Waals surface area contributed by atoms with E-state index in [2.05, 4.69) is 18.7 Å². The highest BCUT2D eigenvalue weighted by molar-refractivity contribution is 5.63. The average Bonchev–Trinajstić information content (AvgIpc) is 2.46. The minimum absolute atomic E-state index is 0.0655. The first-order chi connectivity index (χ1) is 8.83. The van der Waals surface area contributed by atoms with Crippen molar-refractivity contribution in [3.8, 4) is 16.9 Å². The topological polar surface area (TPSA) is 29.5 Å². The quantitative estimate of drug-likeness (QED) is 0.813. The Hall–Kier alpha value is -2.06. The van der Waals surface area contributed by atoms with Crippen LogP contribution >= 0.6 is 0 Å². The van der Waals surface area contributed by atoms with Gasteiger partial charge in [0, 0.05) is 0 Å². The molecule has 0 aromatic heterocycles. The number of hydrogen-bond donors (Lipinski definition) is 1. The first-order valence-corrected chi connectivity index (χ1v) is 5.89. The van der Waals surface area contributed by atoms with Crippen LogP contribution < -0.4 is 4.74 Å². The highest BCUT2D eigenvalue weighted by atomic mass is 16.5. The Labute approximate surface area is 107 Å². The van der Waals surface area contributed by atoms with E-state index in [9.17, 15) is 0 Å². The van der Waals surface area contributed by atoms with Gasteiger partial charge in [-0.05, 0) is 29.3 Å². The normalized spacial score (nSPS) is 11.8. The zero-order chi connectivity index (χ0) is 12.8. The molecular formula is C16H16O2. The molecule has 0 saturated carbocycles. The van der Waals surface area contributed by atoms with Gasteiger partial charge in [0.05, 0.1) is 6.61 Å². The van der Waals surface area contributed by atoms with Crippen LogP contribution in [-0.4, -0.2) is 17.8 Å². The summed E-state index contributed by atoms with van der Waals surface area (Å²) in [7, 11) is 0. The van der Waals surface area contributed by atoms with Crippen molar-refractivity contribution in [2.75, 3.05) is 6.61 Å². The van der Waals surface area contributed by atoms with Gasteiger partial charge in [-0.25, -0.2) is 0 Å². The molecule has 0 spiro atoms. The summed E-state index contributed by atoms with van der Waals surface area (Å²) in [6.07, 6.45) is 1.23. The van der Waals surface area contributed by atoms with Crippen LogP contribution in [0.25, 0.3) is 11.1 Å². The number of ether oxygens (including phenoxy) is 1. The lowest BCUT2D eigenvalue weighted by Gasteiger charge is -2.13. The van der Waals surface area contributed by atoms with Crippen LogP contribution in [0.2, 0.25) is 0 Å². The van der Waals surface area contributed by atoms with E-state index in [-0.39, 0.29) is 12.7 Å². The van der Waals surface area contributed by atoms with E-state index in [0.717, 1.165) is 11.3 Å².